The smallest absolute Gasteiger partial charge is 0.327 e. The number of nitrogens with one attached hydrogen (secondary N) is 1. The molecule has 0 fully saturated rings. The Kier molecular flexibility index (Phi) is 4.12. The fourth-order valence-corrected chi connectivity index (χ4v) is 1.33. The normalized spacial score (nSPS) is 12.1. The molecule has 1 aromatic rings. The van der Waals surface area contributed by atoms with Gasteiger partial charge < -0.3 is 15.2 Å². The zero-order valence-electron chi connectivity index (χ0n) is 8.86. The Hall–Kier alpha value is -1.55. The van der Waals surface area contributed by atoms with E-state index in [0.29, 0.717) is 6.54 Å². The number of carbonyl (C=O) groups excluding carboxylic acids is 1. The van der Waals surface area contributed by atoms with Gasteiger partial charge in [-0.2, -0.15) is 0 Å². The number of carbonyl (C=O) groups is 1. The van der Waals surface area contributed by atoms with Crippen molar-refractivity contribution < 1.29 is 14.6 Å². The molecule has 2 N–H and O–H groups in total. The van der Waals surface area contributed by atoms with E-state index >= 15 is 0 Å². The number of phenols is 1. The lowest BCUT2D eigenvalue weighted by Crippen LogP contribution is -2.29. The second-order valence-corrected chi connectivity index (χ2v) is 3.11. The van der Waals surface area contributed by atoms with Gasteiger partial charge in [0, 0.05) is 0 Å². The van der Waals surface area contributed by atoms with Crippen LogP contribution in [0.15, 0.2) is 24.3 Å². The molecule has 0 amide bonds. The summed E-state index contributed by atoms with van der Waals surface area (Å²) in [6.07, 6.45) is 0. The number of likely N-dealkylation sites (N-methyl/N-ethyl adjacent to an activating group) is 1. The van der Waals surface area contributed by atoms with Crippen LogP contribution in [-0.4, -0.2) is 24.7 Å². The summed E-state index contributed by atoms with van der Waals surface area (Å²) >= 11 is 0. The van der Waals surface area contributed by atoms with Gasteiger partial charge in [0.1, 0.15) is 11.8 Å². The van der Waals surface area contributed by atoms with E-state index < -0.39 is 6.04 Å². The van der Waals surface area contributed by atoms with Gasteiger partial charge in [0.2, 0.25) is 0 Å². The minimum atomic E-state index is -0.472. The van der Waals surface area contributed by atoms with E-state index in [4.69, 9.17) is 5.11 Å². The summed E-state index contributed by atoms with van der Waals surface area (Å²) in [6, 6.07) is 6.00. The Balaban J connectivity index is 2.88. The molecule has 1 unspecified atom stereocenters. The molecule has 82 valence electrons. The zero-order valence-corrected chi connectivity index (χ0v) is 8.86. The van der Waals surface area contributed by atoms with Crippen LogP contribution in [0.2, 0.25) is 0 Å². The van der Waals surface area contributed by atoms with Crippen molar-refractivity contribution >= 4 is 5.97 Å². The Bertz CT molecular complexity index is 321. The number of ether oxygens (including phenoxy) is 1. The highest BCUT2D eigenvalue weighted by atomic mass is 16.5. The van der Waals surface area contributed by atoms with Gasteiger partial charge in [-0.25, -0.2) is 4.79 Å². The molecule has 1 rings (SSSR count). The van der Waals surface area contributed by atoms with Gasteiger partial charge in [-0.3, -0.25) is 0 Å². The molecule has 15 heavy (non-hydrogen) atoms. The summed E-state index contributed by atoms with van der Waals surface area (Å²) in [4.78, 5) is 11.4. The van der Waals surface area contributed by atoms with E-state index in [1.807, 2.05) is 6.92 Å². The predicted molar refractivity (Wildman–Crippen MR) is 56.5 cm³/mol. The molecular formula is C11H15NO3. The van der Waals surface area contributed by atoms with E-state index in [1.165, 1.54) is 7.11 Å². The van der Waals surface area contributed by atoms with Crippen molar-refractivity contribution in [1.29, 1.82) is 0 Å². The van der Waals surface area contributed by atoms with Crippen LogP contribution in [0.25, 0.3) is 0 Å². The van der Waals surface area contributed by atoms with Crippen molar-refractivity contribution in [2.24, 2.45) is 0 Å². The second kappa shape index (κ2) is 5.36. The van der Waals surface area contributed by atoms with Gasteiger partial charge in [-0.1, -0.05) is 19.1 Å². The van der Waals surface area contributed by atoms with E-state index in [2.05, 4.69) is 10.1 Å². The van der Waals surface area contributed by atoms with Gasteiger partial charge in [0.05, 0.1) is 7.11 Å². The van der Waals surface area contributed by atoms with Gasteiger partial charge >= 0.3 is 5.97 Å². The van der Waals surface area contributed by atoms with Crippen LogP contribution in [0.1, 0.15) is 18.5 Å². The van der Waals surface area contributed by atoms with Crippen LogP contribution in [0.5, 0.6) is 5.75 Å². The Labute approximate surface area is 88.9 Å². The third kappa shape index (κ3) is 2.95. The van der Waals surface area contributed by atoms with Crippen molar-refractivity contribution in [3.8, 4) is 5.75 Å². The Morgan fingerprint density at radius 2 is 2.07 bits per heavy atom. The van der Waals surface area contributed by atoms with Crippen LogP contribution < -0.4 is 5.32 Å². The molecule has 0 saturated carbocycles. The third-order valence-corrected chi connectivity index (χ3v) is 2.07. The van der Waals surface area contributed by atoms with Crippen LogP contribution >= 0.6 is 0 Å². The first-order valence-corrected chi connectivity index (χ1v) is 4.79. The minimum absolute atomic E-state index is 0.180. The van der Waals surface area contributed by atoms with Gasteiger partial charge in [0.15, 0.2) is 0 Å². The van der Waals surface area contributed by atoms with Crippen molar-refractivity contribution in [2.75, 3.05) is 13.7 Å². The summed E-state index contributed by atoms with van der Waals surface area (Å²) in [5.74, 6) is -0.151. The number of methoxy groups -OCH3 is 1. The first-order valence-electron chi connectivity index (χ1n) is 4.79. The molecule has 0 aliphatic rings. The van der Waals surface area contributed by atoms with E-state index in [9.17, 15) is 4.79 Å². The second-order valence-electron chi connectivity index (χ2n) is 3.11. The molecule has 0 aliphatic heterocycles. The zero-order chi connectivity index (χ0) is 11.3. The van der Waals surface area contributed by atoms with Crippen LogP contribution in [-0.2, 0) is 9.53 Å². The first kappa shape index (κ1) is 11.5. The summed E-state index contributed by atoms with van der Waals surface area (Å²) in [5.41, 5.74) is 0.779. The summed E-state index contributed by atoms with van der Waals surface area (Å²) in [5, 5.41) is 12.1. The minimum Gasteiger partial charge on any atom is -0.508 e. The molecule has 0 spiro atoms. The predicted octanol–water partition coefficient (Wildman–Crippen LogP) is 1.22. The number of rotatable bonds is 4. The van der Waals surface area contributed by atoms with E-state index in [-0.39, 0.29) is 11.7 Å². The Morgan fingerprint density at radius 3 is 2.53 bits per heavy atom. The molecule has 0 heterocycles. The van der Waals surface area contributed by atoms with Gasteiger partial charge in [-0.05, 0) is 24.2 Å². The topological polar surface area (TPSA) is 58.6 Å². The molecule has 0 aromatic heterocycles. The number of esters is 1. The molecule has 0 saturated heterocycles. The number of hydrogen-bond acceptors (Lipinski definition) is 4. The molecule has 0 radical (unpaired) electrons. The summed E-state index contributed by atoms with van der Waals surface area (Å²) in [6.45, 7) is 2.58. The summed E-state index contributed by atoms with van der Waals surface area (Å²) in [7, 11) is 1.35. The molecule has 0 bridgehead atoms. The SMILES string of the molecule is CCNC(C(=O)OC)c1ccc(O)cc1. The lowest BCUT2D eigenvalue weighted by molar-refractivity contribution is -0.143. The standard InChI is InChI=1S/C11H15NO3/c1-3-12-10(11(14)15-2)8-4-6-9(13)7-5-8/h4-7,10,12-13H,3H2,1-2H3. The maximum absolute atomic E-state index is 11.4. The Morgan fingerprint density at radius 1 is 1.47 bits per heavy atom. The monoisotopic (exact) mass is 209 g/mol. The number of aromatic hydroxyl groups is 1. The maximum Gasteiger partial charge on any atom is 0.327 e. The van der Waals surface area contributed by atoms with Crippen molar-refractivity contribution in [3.05, 3.63) is 29.8 Å². The maximum atomic E-state index is 11.4. The summed E-state index contributed by atoms with van der Waals surface area (Å²) < 4.78 is 4.69. The third-order valence-electron chi connectivity index (χ3n) is 2.07. The number of benzene rings is 1. The van der Waals surface area contributed by atoms with Crippen molar-refractivity contribution in [1.82, 2.24) is 5.32 Å². The lowest BCUT2D eigenvalue weighted by Gasteiger charge is -2.15. The highest BCUT2D eigenvalue weighted by molar-refractivity contribution is 5.77. The molecular weight excluding hydrogens is 194 g/mol. The first-order chi connectivity index (χ1) is 7.19. The van der Waals surface area contributed by atoms with Crippen LogP contribution in [0.4, 0.5) is 0 Å². The number of phenolic OH excluding ortho intramolecular Hbond substituents is 1. The molecule has 4 nitrogen and oxygen atoms in total. The molecule has 1 aromatic carbocycles. The average Bonchev–Trinajstić information content (AvgIpc) is 2.26. The van der Waals surface area contributed by atoms with Gasteiger partial charge in [-0.15, -0.1) is 0 Å². The average molecular weight is 209 g/mol. The largest absolute Gasteiger partial charge is 0.508 e. The van der Waals surface area contributed by atoms with Gasteiger partial charge in [0.25, 0.3) is 0 Å². The molecule has 4 heteroatoms. The van der Waals surface area contributed by atoms with Crippen LogP contribution in [0.3, 0.4) is 0 Å². The van der Waals surface area contributed by atoms with E-state index in [0.717, 1.165) is 5.56 Å². The fraction of sp³-hybridized carbons (Fsp3) is 0.364. The lowest BCUT2D eigenvalue weighted by atomic mass is 10.1. The highest BCUT2D eigenvalue weighted by Gasteiger charge is 2.19. The van der Waals surface area contributed by atoms with E-state index in [1.54, 1.807) is 24.3 Å². The highest BCUT2D eigenvalue weighted by Crippen LogP contribution is 2.17. The molecule has 0 aliphatic carbocycles. The molecule has 1 atom stereocenters. The number of hydrogen-bond donors (Lipinski definition) is 2. The van der Waals surface area contributed by atoms with Crippen molar-refractivity contribution in [3.63, 3.8) is 0 Å². The van der Waals surface area contributed by atoms with Crippen molar-refractivity contribution in [2.45, 2.75) is 13.0 Å². The van der Waals surface area contributed by atoms with Crippen LogP contribution in [0, 0.1) is 0 Å². The fourth-order valence-electron chi connectivity index (χ4n) is 1.33. The quantitative estimate of drug-likeness (QED) is 0.732.